The van der Waals surface area contributed by atoms with Gasteiger partial charge in [0.1, 0.15) is 6.04 Å². The van der Waals surface area contributed by atoms with E-state index in [0.717, 1.165) is 29.7 Å². The monoisotopic (exact) mass is 363 g/mol. The summed E-state index contributed by atoms with van der Waals surface area (Å²) in [5, 5.41) is 10.6. The van der Waals surface area contributed by atoms with Crippen LogP contribution in [0, 0.1) is 6.92 Å². The second kappa shape index (κ2) is 7.14. The van der Waals surface area contributed by atoms with Gasteiger partial charge in [0, 0.05) is 6.54 Å². The van der Waals surface area contributed by atoms with Gasteiger partial charge in [0.25, 0.3) is 0 Å². The van der Waals surface area contributed by atoms with Crippen LogP contribution < -0.4 is 0 Å². The minimum Gasteiger partial charge on any atom is -0.480 e. The smallest absolute Gasteiger partial charge is 0.320 e. The van der Waals surface area contributed by atoms with Crippen molar-refractivity contribution in [3.8, 4) is 0 Å². The Kier molecular flexibility index (Phi) is 5.14. The number of aryl methyl sites for hydroxylation is 1. The van der Waals surface area contributed by atoms with E-state index in [9.17, 15) is 9.90 Å². The average molecular weight is 364 g/mol. The zero-order chi connectivity index (χ0) is 17.3. The third-order valence-corrected chi connectivity index (χ3v) is 5.38. The lowest BCUT2D eigenvalue weighted by Crippen LogP contribution is -2.39. The zero-order valence-electron chi connectivity index (χ0n) is 13.4. The summed E-state index contributed by atoms with van der Waals surface area (Å²) >= 11 is 12.7. The minimum absolute atomic E-state index is 0.223. The van der Waals surface area contributed by atoms with Crippen LogP contribution in [-0.2, 0) is 4.79 Å². The first-order valence-electron chi connectivity index (χ1n) is 7.98. The lowest BCUT2D eigenvalue weighted by atomic mass is 9.95. The molecular weight excluding hydrogens is 345 g/mol. The van der Waals surface area contributed by atoms with Crippen LogP contribution in [0.2, 0.25) is 10.0 Å². The summed E-state index contributed by atoms with van der Waals surface area (Å²) in [4.78, 5) is 13.7. The van der Waals surface area contributed by atoms with E-state index in [0.29, 0.717) is 16.5 Å². The van der Waals surface area contributed by atoms with Crippen LogP contribution in [0.25, 0.3) is 0 Å². The van der Waals surface area contributed by atoms with Crippen LogP contribution in [0.3, 0.4) is 0 Å². The fraction of sp³-hybridized carbons (Fsp3) is 0.316. The molecule has 1 N–H and O–H groups in total. The summed E-state index contributed by atoms with van der Waals surface area (Å²) in [6.45, 7) is 2.75. The highest BCUT2D eigenvalue weighted by Gasteiger charge is 2.37. The quantitative estimate of drug-likeness (QED) is 0.835. The second-order valence-corrected chi connectivity index (χ2v) is 6.98. The Labute approximate surface area is 151 Å². The van der Waals surface area contributed by atoms with E-state index in [4.69, 9.17) is 23.2 Å². The summed E-state index contributed by atoms with van der Waals surface area (Å²) in [6.07, 6.45) is 1.51. The predicted octanol–water partition coefficient (Wildman–Crippen LogP) is 4.94. The third kappa shape index (κ3) is 3.30. The standard InChI is InChI=1S/C19H19Cl2NO2/c1-12-5-2-6-13(11-12)18(14-7-3-8-15(20)17(14)21)22-10-4-9-16(22)19(23)24/h2-3,5-8,11,16,18H,4,9-10H2,1H3,(H,23,24). The predicted molar refractivity (Wildman–Crippen MR) is 96.8 cm³/mol. The van der Waals surface area contributed by atoms with Crippen LogP contribution in [0.5, 0.6) is 0 Å². The summed E-state index contributed by atoms with van der Waals surface area (Å²) in [6, 6.07) is 12.9. The Bertz CT molecular complexity index is 763. The molecule has 2 unspecified atom stereocenters. The van der Waals surface area contributed by atoms with Gasteiger partial charge in [0.2, 0.25) is 0 Å². The van der Waals surface area contributed by atoms with Gasteiger partial charge in [-0.2, -0.15) is 0 Å². The Morgan fingerprint density at radius 2 is 2.00 bits per heavy atom. The largest absolute Gasteiger partial charge is 0.480 e. The van der Waals surface area contributed by atoms with Gasteiger partial charge in [0.15, 0.2) is 0 Å². The maximum Gasteiger partial charge on any atom is 0.320 e. The highest BCUT2D eigenvalue weighted by atomic mass is 35.5. The molecule has 0 amide bonds. The molecule has 1 heterocycles. The number of hydrogen-bond acceptors (Lipinski definition) is 2. The molecule has 3 rings (SSSR count). The van der Waals surface area contributed by atoms with Crippen molar-refractivity contribution in [2.75, 3.05) is 6.54 Å². The summed E-state index contributed by atoms with van der Waals surface area (Å²) < 4.78 is 0. The maximum atomic E-state index is 11.7. The molecule has 24 heavy (non-hydrogen) atoms. The van der Waals surface area contributed by atoms with E-state index in [1.165, 1.54) is 0 Å². The molecule has 1 fully saturated rings. The Balaban J connectivity index is 2.14. The summed E-state index contributed by atoms with van der Waals surface area (Å²) in [5.74, 6) is -0.789. The van der Waals surface area contributed by atoms with E-state index in [2.05, 4.69) is 6.07 Å². The Morgan fingerprint density at radius 3 is 2.71 bits per heavy atom. The molecular formula is C19H19Cl2NO2. The van der Waals surface area contributed by atoms with E-state index < -0.39 is 12.0 Å². The molecule has 5 heteroatoms. The van der Waals surface area contributed by atoms with E-state index in [-0.39, 0.29) is 6.04 Å². The number of likely N-dealkylation sites (tertiary alicyclic amines) is 1. The number of nitrogens with zero attached hydrogens (tertiary/aromatic N) is 1. The minimum atomic E-state index is -0.789. The van der Waals surface area contributed by atoms with Crippen LogP contribution in [0.15, 0.2) is 42.5 Å². The first-order valence-corrected chi connectivity index (χ1v) is 8.73. The number of rotatable bonds is 4. The molecule has 0 radical (unpaired) electrons. The van der Waals surface area contributed by atoms with Crippen LogP contribution in [0.4, 0.5) is 0 Å². The van der Waals surface area contributed by atoms with Gasteiger partial charge < -0.3 is 5.11 Å². The number of benzene rings is 2. The lowest BCUT2D eigenvalue weighted by molar-refractivity contribution is -0.142. The van der Waals surface area contributed by atoms with E-state index >= 15 is 0 Å². The molecule has 2 atom stereocenters. The molecule has 126 valence electrons. The van der Waals surface area contributed by atoms with E-state index in [1.807, 2.05) is 42.2 Å². The second-order valence-electron chi connectivity index (χ2n) is 6.19. The van der Waals surface area contributed by atoms with Crippen LogP contribution in [0.1, 0.15) is 35.6 Å². The van der Waals surface area contributed by atoms with E-state index in [1.54, 1.807) is 6.07 Å². The topological polar surface area (TPSA) is 40.5 Å². The van der Waals surface area contributed by atoms with Gasteiger partial charge in [-0.3, -0.25) is 9.69 Å². The SMILES string of the molecule is Cc1cccc(C(c2cccc(Cl)c2Cl)N2CCCC2C(=O)O)c1. The van der Waals surface area contributed by atoms with Crippen molar-refractivity contribution in [1.29, 1.82) is 0 Å². The van der Waals surface area contributed by atoms with Crippen molar-refractivity contribution in [3.05, 3.63) is 69.2 Å². The number of hydrogen-bond donors (Lipinski definition) is 1. The van der Waals surface area contributed by atoms with Crippen molar-refractivity contribution < 1.29 is 9.90 Å². The summed E-state index contributed by atoms with van der Waals surface area (Å²) in [5.41, 5.74) is 3.01. The first-order chi connectivity index (χ1) is 11.5. The normalized spacial score (nSPS) is 19.4. The van der Waals surface area contributed by atoms with Crippen LogP contribution >= 0.6 is 23.2 Å². The first kappa shape index (κ1) is 17.3. The van der Waals surface area contributed by atoms with Gasteiger partial charge >= 0.3 is 5.97 Å². The molecule has 3 nitrogen and oxygen atoms in total. The fourth-order valence-electron chi connectivity index (χ4n) is 3.48. The molecule has 0 spiro atoms. The molecule has 0 saturated carbocycles. The molecule has 0 bridgehead atoms. The highest BCUT2D eigenvalue weighted by Crippen LogP contribution is 2.40. The van der Waals surface area contributed by atoms with Crippen molar-refractivity contribution in [3.63, 3.8) is 0 Å². The highest BCUT2D eigenvalue weighted by molar-refractivity contribution is 6.42. The van der Waals surface area contributed by atoms with Gasteiger partial charge in [0.05, 0.1) is 16.1 Å². The van der Waals surface area contributed by atoms with Crippen molar-refractivity contribution in [2.24, 2.45) is 0 Å². The number of aliphatic carboxylic acids is 1. The molecule has 1 aliphatic heterocycles. The number of carboxylic acids is 1. The molecule has 2 aromatic carbocycles. The number of carbonyl (C=O) groups is 1. The molecule has 0 aromatic heterocycles. The maximum absolute atomic E-state index is 11.7. The molecule has 1 aliphatic rings. The molecule has 0 aliphatic carbocycles. The summed E-state index contributed by atoms with van der Waals surface area (Å²) in [7, 11) is 0. The molecule has 2 aromatic rings. The Hall–Kier alpha value is -1.55. The fourth-order valence-corrected chi connectivity index (χ4v) is 3.90. The Morgan fingerprint density at radius 1 is 1.25 bits per heavy atom. The number of halogens is 2. The average Bonchev–Trinajstić information content (AvgIpc) is 3.01. The van der Waals surface area contributed by atoms with Gasteiger partial charge in [-0.15, -0.1) is 0 Å². The number of carboxylic acid groups (broad SMARTS) is 1. The van der Waals surface area contributed by atoms with Crippen LogP contribution in [-0.4, -0.2) is 28.6 Å². The lowest BCUT2D eigenvalue weighted by Gasteiger charge is -2.32. The van der Waals surface area contributed by atoms with Crippen molar-refractivity contribution >= 4 is 29.2 Å². The van der Waals surface area contributed by atoms with Gasteiger partial charge in [-0.05, 0) is 37.0 Å². The van der Waals surface area contributed by atoms with Gasteiger partial charge in [-0.1, -0.05) is 65.2 Å². The van der Waals surface area contributed by atoms with Crippen molar-refractivity contribution in [2.45, 2.75) is 31.8 Å². The zero-order valence-corrected chi connectivity index (χ0v) is 14.9. The third-order valence-electron chi connectivity index (χ3n) is 4.54. The molecule has 1 saturated heterocycles. The van der Waals surface area contributed by atoms with Gasteiger partial charge in [-0.25, -0.2) is 0 Å². The van der Waals surface area contributed by atoms with Crippen molar-refractivity contribution in [1.82, 2.24) is 4.90 Å².